The number of ketones is 1. The first kappa shape index (κ1) is 19.9. The number of aromatic nitrogens is 4. The molecular formula is C21H18F3N5O. The summed E-state index contributed by atoms with van der Waals surface area (Å²) in [5, 5.41) is 10.9. The molecule has 4 rings (SSSR count). The SMILES string of the molecule is CC(=O)c1ccc(F)c(-c2cnc(NC[C@]3(c4ncccc4F)C[C@H](F)C3)nn2)c1. The minimum absolute atomic E-state index is 0.112. The van der Waals surface area contributed by atoms with E-state index in [1.807, 2.05) is 0 Å². The lowest BCUT2D eigenvalue weighted by molar-refractivity contribution is 0.0963. The van der Waals surface area contributed by atoms with Crippen LogP contribution in [0, 0.1) is 11.6 Å². The molecule has 1 N–H and O–H groups in total. The number of alkyl halides is 1. The standard InChI is InChI=1S/C21H18F3N5O/c1-12(30)13-4-5-16(23)15(7-13)18-10-26-20(29-28-18)27-11-21(8-14(22)9-21)19-17(24)3-2-6-25-19/h2-7,10,14H,8-9,11H2,1H3,(H,26,27,29)/t14-,21-. The highest BCUT2D eigenvalue weighted by atomic mass is 19.1. The maximum Gasteiger partial charge on any atom is 0.242 e. The minimum Gasteiger partial charge on any atom is -0.352 e. The molecule has 0 aliphatic heterocycles. The number of rotatable bonds is 6. The van der Waals surface area contributed by atoms with Crippen LogP contribution in [0.1, 0.15) is 35.8 Å². The summed E-state index contributed by atoms with van der Waals surface area (Å²) in [6.45, 7) is 1.56. The summed E-state index contributed by atoms with van der Waals surface area (Å²) in [6.07, 6.45) is 2.06. The van der Waals surface area contributed by atoms with Crippen molar-refractivity contribution in [1.29, 1.82) is 0 Å². The fraction of sp³-hybridized carbons (Fsp3) is 0.286. The number of halogens is 3. The second-order valence-corrected chi connectivity index (χ2v) is 7.39. The van der Waals surface area contributed by atoms with Crippen LogP contribution in [0.5, 0.6) is 0 Å². The van der Waals surface area contributed by atoms with Gasteiger partial charge in [0.05, 0.1) is 11.9 Å². The van der Waals surface area contributed by atoms with E-state index in [4.69, 9.17) is 0 Å². The van der Waals surface area contributed by atoms with Crippen LogP contribution in [0.2, 0.25) is 0 Å². The zero-order chi connectivity index (χ0) is 21.3. The van der Waals surface area contributed by atoms with Crippen molar-refractivity contribution in [2.24, 2.45) is 0 Å². The highest BCUT2D eigenvalue weighted by Gasteiger charge is 2.48. The number of carbonyl (C=O) groups is 1. The number of carbonyl (C=O) groups excluding carboxylic acids is 1. The molecule has 0 radical (unpaired) electrons. The van der Waals surface area contributed by atoms with E-state index >= 15 is 0 Å². The molecule has 0 bridgehead atoms. The number of hydrogen-bond acceptors (Lipinski definition) is 6. The third-order valence-corrected chi connectivity index (χ3v) is 5.28. The first-order chi connectivity index (χ1) is 14.4. The van der Waals surface area contributed by atoms with Crippen molar-refractivity contribution in [3.8, 4) is 11.3 Å². The van der Waals surface area contributed by atoms with E-state index in [1.165, 1.54) is 49.6 Å². The fourth-order valence-corrected chi connectivity index (χ4v) is 3.65. The maximum atomic E-state index is 14.2. The van der Waals surface area contributed by atoms with Gasteiger partial charge in [0.25, 0.3) is 0 Å². The monoisotopic (exact) mass is 413 g/mol. The zero-order valence-corrected chi connectivity index (χ0v) is 16.1. The van der Waals surface area contributed by atoms with Gasteiger partial charge in [-0.25, -0.2) is 18.2 Å². The number of nitrogens with zero attached hydrogens (tertiary/aromatic N) is 4. The quantitative estimate of drug-likeness (QED) is 0.618. The summed E-state index contributed by atoms with van der Waals surface area (Å²) in [6, 6.07) is 6.76. The van der Waals surface area contributed by atoms with Gasteiger partial charge >= 0.3 is 0 Å². The average Bonchev–Trinajstić information content (AvgIpc) is 2.71. The van der Waals surface area contributed by atoms with Crippen LogP contribution in [0.4, 0.5) is 19.1 Å². The molecule has 1 aliphatic rings. The van der Waals surface area contributed by atoms with Gasteiger partial charge < -0.3 is 5.32 Å². The molecule has 1 aromatic carbocycles. The van der Waals surface area contributed by atoms with E-state index in [2.05, 4.69) is 25.5 Å². The van der Waals surface area contributed by atoms with Crippen LogP contribution >= 0.6 is 0 Å². The van der Waals surface area contributed by atoms with Gasteiger partial charge in [0, 0.05) is 29.3 Å². The van der Waals surface area contributed by atoms with Crippen molar-refractivity contribution in [2.45, 2.75) is 31.4 Å². The minimum atomic E-state index is -1.02. The van der Waals surface area contributed by atoms with Crippen LogP contribution < -0.4 is 5.32 Å². The molecule has 1 fully saturated rings. The molecule has 9 heteroatoms. The average molecular weight is 413 g/mol. The molecule has 6 nitrogen and oxygen atoms in total. The van der Waals surface area contributed by atoms with Crippen LogP contribution in [-0.4, -0.2) is 38.7 Å². The molecule has 30 heavy (non-hydrogen) atoms. The Kier molecular flexibility index (Phi) is 5.19. The molecule has 2 aromatic heterocycles. The van der Waals surface area contributed by atoms with Gasteiger partial charge in [0.2, 0.25) is 5.95 Å². The first-order valence-electron chi connectivity index (χ1n) is 9.37. The number of nitrogens with one attached hydrogen (secondary N) is 1. The van der Waals surface area contributed by atoms with Gasteiger partial charge in [-0.15, -0.1) is 10.2 Å². The normalized spacial score (nSPS) is 20.5. The number of benzene rings is 1. The van der Waals surface area contributed by atoms with Crippen LogP contribution in [0.3, 0.4) is 0 Å². The van der Waals surface area contributed by atoms with Gasteiger partial charge in [0.1, 0.15) is 23.5 Å². The van der Waals surface area contributed by atoms with Crippen molar-refractivity contribution in [3.05, 3.63) is 65.6 Å². The Morgan fingerprint density at radius 2 is 1.97 bits per heavy atom. The Morgan fingerprint density at radius 1 is 1.17 bits per heavy atom. The predicted octanol–water partition coefficient (Wildman–Crippen LogP) is 3.90. The topological polar surface area (TPSA) is 80.7 Å². The molecule has 154 valence electrons. The fourth-order valence-electron chi connectivity index (χ4n) is 3.65. The summed E-state index contributed by atoms with van der Waals surface area (Å²) in [5.41, 5.74) is 0.0357. The number of pyridine rings is 1. The molecule has 0 saturated heterocycles. The molecule has 0 amide bonds. The first-order valence-corrected chi connectivity index (χ1v) is 9.37. The van der Waals surface area contributed by atoms with E-state index in [0.717, 1.165) is 0 Å². The highest BCUT2D eigenvalue weighted by Crippen LogP contribution is 2.45. The van der Waals surface area contributed by atoms with E-state index in [0.29, 0.717) is 5.56 Å². The van der Waals surface area contributed by atoms with Gasteiger partial charge in [-0.1, -0.05) is 0 Å². The lowest BCUT2D eigenvalue weighted by Gasteiger charge is -2.43. The number of anilines is 1. The summed E-state index contributed by atoms with van der Waals surface area (Å²) >= 11 is 0. The second-order valence-electron chi connectivity index (χ2n) is 7.39. The summed E-state index contributed by atoms with van der Waals surface area (Å²) in [7, 11) is 0. The Morgan fingerprint density at radius 3 is 2.60 bits per heavy atom. The molecular weight excluding hydrogens is 395 g/mol. The molecule has 3 aromatic rings. The summed E-state index contributed by atoms with van der Waals surface area (Å²) in [5.74, 6) is -1.10. The molecule has 0 unspecified atom stereocenters. The lowest BCUT2D eigenvalue weighted by Crippen LogP contribution is -2.49. The van der Waals surface area contributed by atoms with Crippen LogP contribution in [-0.2, 0) is 5.41 Å². The van der Waals surface area contributed by atoms with Gasteiger partial charge in [-0.3, -0.25) is 9.78 Å². The van der Waals surface area contributed by atoms with E-state index in [1.54, 1.807) is 0 Å². The molecule has 2 heterocycles. The molecule has 0 atom stereocenters. The Labute approximate surface area is 170 Å². The van der Waals surface area contributed by atoms with Crippen molar-refractivity contribution >= 4 is 11.7 Å². The largest absolute Gasteiger partial charge is 0.352 e. The van der Waals surface area contributed by atoms with Crippen molar-refractivity contribution in [2.75, 3.05) is 11.9 Å². The Balaban J connectivity index is 1.52. The van der Waals surface area contributed by atoms with Crippen molar-refractivity contribution in [3.63, 3.8) is 0 Å². The second kappa shape index (κ2) is 7.81. The van der Waals surface area contributed by atoms with E-state index in [-0.39, 0.29) is 48.1 Å². The maximum absolute atomic E-state index is 14.2. The lowest BCUT2D eigenvalue weighted by atomic mass is 9.65. The summed E-state index contributed by atoms with van der Waals surface area (Å²) < 4.78 is 42.0. The van der Waals surface area contributed by atoms with Crippen molar-refractivity contribution in [1.82, 2.24) is 20.2 Å². The van der Waals surface area contributed by atoms with Crippen LogP contribution in [0.15, 0.2) is 42.7 Å². The number of Topliss-reactive ketones (excluding diaryl/α,β-unsaturated/α-hetero) is 1. The van der Waals surface area contributed by atoms with Crippen molar-refractivity contribution < 1.29 is 18.0 Å². The summed E-state index contributed by atoms with van der Waals surface area (Å²) in [4.78, 5) is 19.7. The van der Waals surface area contributed by atoms with Gasteiger partial charge in [0.15, 0.2) is 5.78 Å². The Hall–Kier alpha value is -3.36. The van der Waals surface area contributed by atoms with E-state index in [9.17, 15) is 18.0 Å². The van der Waals surface area contributed by atoms with Crippen LogP contribution in [0.25, 0.3) is 11.3 Å². The zero-order valence-electron chi connectivity index (χ0n) is 16.1. The molecule has 0 spiro atoms. The third kappa shape index (κ3) is 3.74. The predicted molar refractivity (Wildman–Crippen MR) is 104 cm³/mol. The smallest absolute Gasteiger partial charge is 0.242 e. The van der Waals surface area contributed by atoms with Gasteiger partial charge in [-0.2, -0.15) is 0 Å². The van der Waals surface area contributed by atoms with E-state index < -0.39 is 23.2 Å². The third-order valence-electron chi connectivity index (χ3n) is 5.28. The number of hydrogen-bond donors (Lipinski definition) is 1. The highest BCUT2D eigenvalue weighted by molar-refractivity contribution is 5.95. The van der Waals surface area contributed by atoms with Gasteiger partial charge in [-0.05, 0) is 50.1 Å². The molecule has 1 aliphatic carbocycles. The Bertz CT molecular complexity index is 1080. The molecule has 1 saturated carbocycles.